The van der Waals surface area contributed by atoms with Crippen LogP contribution < -0.4 is 4.74 Å². The maximum atomic E-state index is 11.7. The minimum Gasteiger partial charge on any atom is -0.462 e. The molecule has 0 radical (unpaired) electrons. The molecule has 0 aliphatic heterocycles. The van der Waals surface area contributed by atoms with Crippen molar-refractivity contribution >= 4 is 5.97 Å². The summed E-state index contributed by atoms with van der Waals surface area (Å²) in [6, 6.07) is 15.1. The molecule has 116 valence electrons. The van der Waals surface area contributed by atoms with Crippen LogP contribution in [0.5, 0.6) is 11.5 Å². The third-order valence-corrected chi connectivity index (χ3v) is 3.64. The maximum Gasteiger partial charge on any atom is 0.338 e. The van der Waals surface area contributed by atoms with E-state index in [4.69, 9.17) is 9.47 Å². The van der Waals surface area contributed by atoms with E-state index in [1.165, 1.54) is 5.56 Å². The average molecular weight is 298 g/mol. The smallest absolute Gasteiger partial charge is 0.338 e. The molecule has 3 nitrogen and oxygen atoms in total. The van der Waals surface area contributed by atoms with Crippen molar-refractivity contribution in [2.45, 2.75) is 33.1 Å². The summed E-state index contributed by atoms with van der Waals surface area (Å²) < 4.78 is 10.8. The minimum atomic E-state index is -0.333. The molecule has 3 heteroatoms. The normalized spacial score (nSPS) is 11.8. The zero-order valence-electron chi connectivity index (χ0n) is 13.3. The third kappa shape index (κ3) is 4.10. The Balaban J connectivity index is 2.10. The highest BCUT2D eigenvalue weighted by Gasteiger charge is 2.08. The van der Waals surface area contributed by atoms with Gasteiger partial charge in [0.1, 0.15) is 11.5 Å². The van der Waals surface area contributed by atoms with Crippen molar-refractivity contribution in [3.8, 4) is 11.5 Å². The number of carbonyl (C=O) groups excluding carboxylic acids is 1. The van der Waals surface area contributed by atoms with E-state index >= 15 is 0 Å². The predicted molar refractivity (Wildman–Crippen MR) is 87.6 cm³/mol. The quantitative estimate of drug-likeness (QED) is 0.690. The molecule has 0 amide bonds. The zero-order chi connectivity index (χ0) is 15.9. The fourth-order valence-electron chi connectivity index (χ4n) is 2.14. The van der Waals surface area contributed by atoms with E-state index in [9.17, 15) is 4.79 Å². The van der Waals surface area contributed by atoms with E-state index in [0.29, 0.717) is 23.8 Å². The number of benzene rings is 2. The Kier molecular flexibility index (Phi) is 5.59. The topological polar surface area (TPSA) is 35.5 Å². The molecular formula is C19H22O3. The van der Waals surface area contributed by atoms with E-state index < -0.39 is 0 Å². The minimum absolute atomic E-state index is 0.333. The summed E-state index contributed by atoms with van der Waals surface area (Å²) in [6.45, 7) is 6.53. The Morgan fingerprint density at radius 1 is 1.05 bits per heavy atom. The molecule has 0 saturated heterocycles. The number of carbonyl (C=O) groups is 1. The van der Waals surface area contributed by atoms with Gasteiger partial charge in [0, 0.05) is 0 Å². The van der Waals surface area contributed by atoms with Gasteiger partial charge in [0.25, 0.3) is 0 Å². The second-order valence-corrected chi connectivity index (χ2v) is 5.23. The van der Waals surface area contributed by atoms with Crippen LogP contribution >= 0.6 is 0 Å². The first-order valence-corrected chi connectivity index (χ1v) is 7.69. The lowest BCUT2D eigenvalue weighted by Crippen LogP contribution is -2.04. The van der Waals surface area contributed by atoms with E-state index in [1.807, 2.05) is 18.2 Å². The molecule has 0 aromatic heterocycles. The van der Waals surface area contributed by atoms with E-state index in [0.717, 1.165) is 12.2 Å². The van der Waals surface area contributed by atoms with Crippen molar-refractivity contribution in [3.63, 3.8) is 0 Å². The molecule has 2 aromatic rings. The van der Waals surface area contributed by atoms with Gasteiger partial charge in [-0.15, -0.1) is 0 Å². The molecule has 0 spiro atoms. The molecule has 0 heterocycles. The van der Waals surface area contributed by atoms with Gasteiger partial charge in [-0.1, -0.05) is 32.0 Å². The summed E-state index contributed by atoms with van der Waals surface area (Å²) in [7, 11) is 0. The van der Waals surface area contributed by atoms with E-state index in [1.54, 1.807) is 25.1 Å². The van der Waals surface area contributed by atoms with Gasteiger partial charge in [-0.2, -0.15) is 0 Å². The molecule has 1 unspecified atom stereocenters. The van der Waals surface area contributed by atoms with Crippen LogP contribution in [0.15, 0.2) is 48.5 Å². The molecule has 22 heavy (non-hydrogen) atoms. The monoisotopic (exact) mass is 298 g/mol. The SMILES string of the molecule is CCOC(=O)c1cccc(Oc2ccc(C(C)CC)cc2)c1. The number of hydrogen-bond acceptors (Lipinski definition) is 3. The summed E-state index contributed by atoms with van der Waals surface area (Å²) in [4.78, 5) is 11.7. The first-order chi connectivity index (χ1) is 10.6. The molecule has 2 aromatic carbocycles. The van der Waals surface area contributed by atoms with Crippen LogP contribution in [0.2, 0.25) is 0 Å². The van der Waals surface area contributed by atoms with Gasteiger partial charge in [-0.05, 0) is 55.2 Å². The van der Waals surface area contributed by atoms with Crippen LogP contribution in [0.25, 0.3) is 0 Å². The number of rotatable bonds is 6. The Morgan fingerprint density at radius 3 is 2.41 bits per heavy atom. The van der Waals surface area contributed by atoms with Crippen molar-refractivity contribution in [1.29, 1.82) is 0 Å². The highest BCUT2D eigenvalue weighted by Crippen LogP contribution is 2.25. The highest BCUT2D eigenvalue weighted by molar-refractivity contribution is 5.89. The maximum absolute atomic E-state index is 11.7. The first-order valence-electron chi connectivity index (χ1n) is 7.69. The average Bonchev–Trinajstić information content (AvgIpc) is 2.55. The molecule has 0 aliphatic rings. The van der Waals surface area contributed by atoms with Gasteiger partial charge in [0.2, 0.25) is 0 Å². The number of esters is 1. The Labute approximate surface area is 131 Å². The Bertz CT molecular complexity index is 617. The van der Waals surface area contributed by atoms with Gasteiger partial charge in [-0.25, -0.2) is 4.79 Å². The van der Waals surface area contributed by atoms with Gasteiger partial charge < -0.3 is 9.47 Å². The molecule has 0 bridgehead atoms. The lowest BCUT2D eigenvalue weighted by atomic mass is 9.99. The zero-order valence-corrected chi connectivity index (χ0v) is 13.3. The van der Waals surface area contributed by atoms with Gasteiger partial charge in [0.05, 0.1) is 12.2 Å². The van der Waals surface area contributed by atoms with E-state index in [2.05, 4.69) is 26.0 Å². The number of ether oxygens (including phenoxy) is 2. The molecule has 0 saturated carbocycles. The standard InChI is InChI=1S/C19H22O3/c1-4-14(3)15-9-11-17(12-10-15)22-18-8-6-7-16(13-18)19(20)21-5-2/h6-14H,4-5H2,1-3H3. The summed E-state index contributed by atoms with van der Waals surface area (Å²) in [5.74, 6) is 1.59. The first kappa shape index (κ1) is 16.1. The fourth-order valence-corrected chi connectivity index (χ4v) is 2.14. The molecule has 1 atom stereocenters. The molecule has 0 fully saturated rings. The lowest BCUT2D eigenvalue weighted by Gasteiger charge is -2.11. The van der Waals surface area contributed by atoms with Crippen molar-refractivity contribution in [1.82, 2.24) is 0 Å². The van der Waals surface area contributed by atoms with Crippen LogP contribution in [-0.4, -0.2) is 12.6 Å². The Hall–Kier alpha value is -2.29. The van der Waals surface area contributed by atoms with Crippen LogP contribution in [0.3, 0.4) is 0 Å². The van der Waals surface area contributed by atoms with Gasteiger partial charge >= 0.3 is 5.97 Å². The summed E-state index contributed by atoms with van der Waals surface area (Å²) in [5.41, 5.74) is 1.80. The van der Waals surface area contributed by atoms with Gasteiger partial charge in [0.15, 0.2) is 0 Å². The molecule has 0 N–H and O–H groups in total. The molecular weight excluding hydrogens is 276 g/mol. The second-order valence-electron chi connectivity index (χ2n) is 5.23. The van der Waals surface area contributed by atoms with Crippen molar-refractivity contribution < 1.29 is 14.3 Å². The van der Waals surface area contributed by atoms with Crippen molar-refractivity contribution in [2.24, 2.45) is 0 Å². The van der Waals surface area contributed by atoms with Gasteiger partial charge in [-0.3, -0.25) is 0 Å². The number of hydrogen-bond donors (Lipinski definition) is 0. The van der Waals surface area contributed by atoms with Crippen LogP contribution in [0.1, 0.15) is 49.0 Å². The van der Waals surface area contributed by atoms with Crippen LogP contribution in [-0.2, 0) is 4.74 Å². The lowest BCUT2D eigenvalue weighted by molar-refractivity contribution is 0.0526. The summed E-state index contributed by atoms with van der Waals surface area (Å²) in [5, 5.41) is 0. The van der Waals surface area contributed by atoms with Crippen LogP contribution in [0, 0.1) is 0 Å². The largest absolute Gasteiger partial charge is 0.462 e. The second kappa shape index (κ2) is 7.64. The highest BCUT2D eigenvalue weighted by atomic mass is 16.5. The summed E-state index contributed by atoms with van der Waals surface area (Å²) in [6.07, 6.45) is 1.11. The van der Waals surface area contributed by atoms with Crippen molar-refractivity contribution in [3.05, 3.63) is 59.7 Å². The third-order valence-electron chi connectivity index (χ3n) is 3.64. The summed E-state index contributed by atoms with van der Waals surface area (Å²) >= 11 is 0. The van der Waals surface area contributed by atoms with Crippen molar-refractivity contribution in [2.75, 3.05) is 6.61 Å². The molecule has 0 aliphatic carbocycles. The molecule has 2 rings (SSSR count). The van der Waals surface area contributed by atoms with Crippen LogP contribution in [0.4, 0.5) is 0 Å². The predicted octanol–water partition coefficient (Wildman–Crippen LogP) is 5.17. The van der Waals surface area contributed by atoms with E-state index in [-0.39, 0.29) is 5.97 Å². The Morgan fingerprint density at radius 2 is 1.77 bits per heavy atom. The fraction of sp³-hybridized carbons (Fsp3) is 0.316.